The van der Waals surface area contributed by atoms with Gasteiger partial charge in [0.1, 0.15) is 0 Å². The van der Waals surface area contributed by atoms with Crippen molar-refractivity contribution >= 4 is 28.4 Å². The topological polar surface area (TPSA) is 49.3 Å². The number of benzene rings is 2. The van der Waals surface area contributed by atoms with Crippen molar-refractivity contribution < 1.29 is 4.79 Å². The predicted octanol–water partition coefficient (Wildman–Crippen LogP) is 6.79. The average molecular weight is 519 g/mol. The molecule has 0 spiro atoms. The fourth-order valence-corrected chi connectivity index (χ4v) is 5.09. The largest absolute Gasteiger partial charge is 0.384 e. The molecule has 1 aromatic heterocycles. The minimum Gasteiger partial charge on any atom is -0.384 e. The van der Waals surface area contributed by atoms with Crippen LogP contribution >= 0.6 is 11.6 Å². The molecule has 2 N–H and O–H groups in total. The van der Waals surface area contributed by atoms with Crippen molar-refractivity contribution in [3.8, 4) is 11.1 Å². The number of nitrogens with zero attached hydrogens (tertiary/aromatic N) is 2. The Morgan fingerprint density at radius 1 is 1.11 bits per heavy atom. The summed E-state index contributed by atoms with van der Waals surface area (Å²) in [6.07, 6.45) is 7.30. The van der Waals surface area contributed by atoms with E-state index in [0.29, 0.717) is 23.0 Å². The minimum atomic E-state index is -0.114. The van der Waals surface area contributed by atoms with Gasteiger partial charge >= 0.3 is 0 Å². The summed E-state index contributed by atoms with van der Waals surface area (Å²) in [4.78, 5) is 15.7. The molecule has 4 rings (SSSR count). The molecule has 37 heavy (non-hydrogen) atoms. The van der Waals surface area contributed by atoms with E-state index in [0.717, 1.165) is 47.1 Å². The summed E-state index contributed by atoms with van der Waals surface area (Å²) in [5.74, 6) is 0.393. The Labute approximate surface area is 226 Å². The lowest BCUT2D eigenvalue weighted by Gasteiger charge is -2.21. The molecule has 3 aromatic rings. The highest BCUT2D eigenvalue weighted by atomic mass is 35.5. The zero-order valence-electron chi connectivity index (χ0n) is 22.9. The first-order valence-electron chi connectivity index (χ1n) is 13.2. The van der Waals surface area contributed by atoms with Gasteiger partial charge in [0.25, 0.3) is 5.91 Å². The fraction of sp³-hybridized carbons (Fsp3) is 0.387. The van der Waals surface area contributed by atoms with E-state index in [1.54, 1.807) is 0 Å². The second-order valence-corrected chi connectivity index (χ2v) is 11.0. The van der Waals surface area contributed by atoms with Crippen molar-refractivity contribution in [2.45, 2.75) is 46.7 Å². The van der Waals surface area contributed by atoms with Crippen LogP contribution in [0.25, 0.3) is 22.0 Å². The van der Waals surface area contributed by atoms with Crippen molar-refractivity contribution in [2.24, 2.45) is 5.92 Å². The lowest BCUT2D eigenvalue weighted by Crippen LogP contribution is -2.31. The van der Waals surface area contributed by atoms with Gasteiger partial charge in [-0.1, -0.05) is 55.8 Å². The van der Waals surface area contributed by atoms with Crippen LogP contribution in [0.3, 0.4) is 0 Å². The van der Waals surface area contributed by atoms with Crippen molar-refractivity contribution in [1.29, 1.82) is 0 Å². The van der Waals surface area contributed by atoms with Crippen LogP contribution in [0, 0.1) is 5.92 Å². The summed E-state index contributed by atoms with van der Waals surface area (Å²) in [5.41, 5.74) is 7.31. The molecular formula is C31H39ClN4O. The Morgan fingerprint density at radius 3 is 2.43 bits per heavy atom. The van der Waals surface area contributed by atoms with Gasteiger partial charge in [0.15, 0.2) is 0 Å². The molecule has 2 aromatic carbocycles. The molecule has 1 atom stereocenters. The molecule has 2 heterocycles. The lowest BCUT2D eigenvalue weighted by atomic mass is 9.98. The molecular weight excluding hydrogens is 480 g/mol. The zero-order chi connectivity index (χ0) is 26.7. The van der Waals surface area contributed by atoms with Gasteiger partial charge < -0.3 is 20.1 Å². The van der Waals surface area contributed by atoms with Crippen LogP contribution in [0.2, 0.25) is 5.02 Å². The Bertz CT molecular complexity index is 1330. The van der Waals surface area contributed by atoms with E-state index in [1.165, 1.54) is 11.3 Å². The van der Waals surface area contributed by atoms with Gasteiger partial charge in [-0.2, -0.15) is 0 Å². The number of carbonyl (C=O) groups excluding carboxylic acids is 1. The number of fused-ring (bicyclic) bond motifs is 1. The van der Waals surface area contributed by atoms with Gasteiger partial charge in [-0.3, -0.25) is 4.79 Å². The minimum absolute atomic E-state index is 0.114. The van der Waals surface area contributed by atoms with Gasteiger partial charge in [0.05, 0.1) is 16.1 Å². The maximum atomic E-state index is 13.6. The Balaban J connectivity index is 1.67. The summed E-state index contributed by atoms with van der Waals surface area (Å²) >= 11 is 6.71. The molecule has 0 aliphatic carbocycles. The van der Waals surface area contributed by atoms with Crippen LogP contribution in [-0.2, 0) is 6.54 Å². The van der Waals surface area contributed by atoms with Gasteiger partial charge in [-0.05, 0) is 80.8 Å². The van der Waals surface area contributed by atoms with Crippen LogP contribution in [0.15, 0.2) is 66.0 Å². The average Bonchev–Trinajstić information content (AvgIpc) is 3.23. The summed E-state index contributed by atoms with van der Waals surface area (Å²) in [6, 6.07) is 12.9. The molecule has 0 radical (unpaired) electrons. The van der Waals surface area contributed by atoms with E-state index in [4.69, 9.17) is 11.6 Å². The number of carbonyl (C=O) groups is 1. The molecule has 1 unspecified atom stereocenters. The number of hydrogen-bond donors (Lipinski definition) is 2. The first-order chi connectivity index (χ1) is 17.7. The second-order valence-electron chi connectivity index (χ2n) is 10.6. The van der Waals surface area contributed by atoms with Crippen molar-refractivity contribution in [3.63, 3.8) is 0 Å². The van der Waals surface area contributed by atoms with E-state index >= 15 is 0 Å². The van der Waals surface area contributed by atoms with Gasteiger partial charge in [0, 0.05) is 43.0 Å². The SMILES string of the molecule is CCC(C)C1=CC=C(CNC(=O)c2cc(-c3ccc(CN(C)C)cc3)cc3c2c(Cl)cn3C(C)C)CN1. The Morgan fingerprint density at radius 2 is 1.84 bits per heavy atom. The third-order valence-corrected chi connectivity index (χ3v) is 7.40. The van der Waals surface area contributed by atoms with Crippen LogP contribution < -0.4 is 10.6 Å². The maximum absolute atomic E-state index is 13.6. The van der Waals surface area contributed by atoms with E-state index < -0.39 is 0 Å². The van der Waals surface area contributed by atoms with Crippen molar-refractivity contribution in [3.05, 3.63) is 82.2 Å². The normalized spacial score (nSPS) is 14.5. The molecule has 0 saturated heterocycles. The number of allylic oxidation sites excluding steroid dienone is 3. The number of rotatable bonds is 9. The molecule has 1 amide bonds. The molecule has 1 aliphatic rings. The number of dihydropyridines is 1. The Kier molecular flexibility index (Phi) is 8.46. The number of nitrogens with one attached hydrogen (secondary N) is 2. The summed E-state index contributed by atoms with van der Waals surface area (Å²) in [7, 11) is 4.13. The lowest BCUT2D eigenvalue weighted by molar-refractivity contribution is 0.0958. The molecule has 0 fully saturated rings. The number of aromatic nitrogens is 1. The highest BCUT2D eigenvalue weighted by molar-refractivity contribution is 6.37. The standard InChI is InChI=1S/C31H39ClN4O/c1-7-21(4)28-13-10-23(16-33-28)17-34-31(37)26-14-25(24-11-8-22(9-12-24)18-35(5)6)15-29-30(26)27(32)19-36(29)20(2)3/h8-15,19-21,33H,7,16-18H2,1-6H3,(H,34,37). The number of hydrogen-bond acceptors (Lipinski definition) is 3. The maximum Gasteiger partial charge on any atom is 0.252 e. The monoisotopic (exact) mass is 518 g/mol. The first-order valence-corrected chi connectivity index (χ1v) is 13.6. The third kappa shape index (κ3) is 6.11. The number of halogens is 1. The Hall–Kier alpha value is -3.02. The fourth-order valence-electron chi connectivity index (χ4n) is 4.79. The predicted molar refractivity (Wildman–Crippen MR) is 156 cm³/mol. The zero-order valence-corrected chi connectivity index (χ0v) is 23.6. The highest BCUT2D eigenvalue weighted by Gasteiger charge is 2.20. The summed E-state index contributed by atoms with van der Waals surface area (Å²) in [6.45, 7) is 10.8. The van der Waals surface area contributed by atoms with Crippen LogP contribution in [-0.4, -0.2) is 42.6 Å². The van der Waals surface area contributed by atoms with Crippen LogP contribution in [0.4, 0.5) is 0 Å². The quantitative estimate of drug-likeness (QED) is 0.327. The van der Waals surface area contributed by atoms with Gasteiger partial charge in [0.2, 0.25) is 0 Å². The third-order valence-electron chi connectivity index (χ3n) is 7.11. The van der Waals surface area contributed by atoms with E-state index in [2.05, 4.69) is 104 Å². The number of amides is 1. The molecule has 196 valence electrons. The van der Waals surface area contributed by atoms with E-state index in [9.17, 15) is 4.79 Å². The highest BCUT2D eigenvalue weighted by Crippen LogP contribution is 2.35. The smallest absolute Gasteiger partial charge is 0.252 e. The molecule has 0 bridgehead atoms. The van der Waals surface area contributed by atoms with E-state index in [-0.39, 0.29) is 11.9 Å². The van der Waals surface area contributed by atoms with Gasteiger partial charge in [-0.15, -0.1) is 0 Å². The molecule has 1 aliphatic heterocycles. The van der Waals surface area contributed by atoms with Gasteiger partial charge in [-0.25, -0.2) is 0 Å². The summed E-state index contributed by atoms with van der Waals surface area (Å²) < 4.78 is 2.15. The molecule has 6 heteroatoms. The van der Waals surface area contributed by atoms with E-state index in [1.807, 2.05) is 12.3 Å². The molecule has 0 saturated carbocycles. The second kappa shape index (κ2) is 11.6. The van der Waals surface area contributed by atoms with Crippen LogP contribution in [0.1, 0.15) is 56.1 Å². The first kappa shape index (κ1) is 27.0. The van der Waals surface area contributed by atoms with Crippen LogP contribution in [0.5, 0.6) is 0 Å². The van der Waals surface area contributed by atoms with Crippen molar-refractivity contribution in [2.75, 3.05) is 27.2 Å². The molecule has 5 nitrogen and oxygen atoms in total. The van der Waals surface area contributed by atoms with Crippen molar-refractivity contribution in [1.82, 2.24) is 20.1 Å². The summed E-state index contributed by atoms with van der Waals surface area (Å²) in [5, 5.41) is 8.04.